The molecule has 1 heterocycles. The molecule has 1 N–H and O–H groups in total. The van der Waals surface area contributed by atoms with Gasteiger partial charge < -0.3 is 10.1 Å². The van der Waals surface area contributed by atoms with Crippen molar-refractivity contribution in [2.75, 3.05) is 13.2 Å². The first kappa shape index (κ1) is 23.2. The summed E-state index contributed by atoms with van der Waals surface area (Å²) in [5.74, 6) is -1.09. The number of hydrogen-bond acceptors (Lipinski definition) is 4. The smallest absolute Gasteiger partial charge is 0.435 e. The molecule has 1 aromatic heterocycles. The number of carbonyl (C=O) groups excluding carboxylic acids is 1. The van der Waals surface area contributed by atoms with Gasteiger partial charge in [-0.1, -0.05) is 38.1 Å². The van der Waals surface area contributed by atoms with E-state index >= 15 is 0 Å². The van der Waals surface area contributed by atoms with Crippen LogP contribution in [0, 0.1) is 5.82 Å². The van der Waals surface area contributed by atoms with Gasteiger partial charge in [0.15, 0.2) is 11.4 Å². The number of nitrogens with zero attached hydrogens (tertiary/aromatic N) is 3. The number of halogens is 4. The number of rotatable bonds is 6. The molecule has 3 aromatic rings. The lowest BCUT2D eigenvalue weighted by atomic mass is 9.87. The van der Waals surface area contributed by atoms with Crippen LogP contribution >= 0.6 is 0 Å². The molecule has 3 rings (SSSR count). The van der Waals surface area contributed by atoms with Gasteiger partial charge in [0, 0.05) is 0 Å². The predicted octanol–water partition coefficient (Wildman–Crippen LogP) is 4.53. The minimum atomic E-state index is -4.91. The molecule has 170 valence electrons. The van der Waals surface area contributed by atoms with E-state index in [0.29, 0.717) is 10.4 Å². The van der Waals surface area contributed by atoms with E-state index in [-0.39, 0.29) is 24.3 Å². The van der Waals surface area contributed by atoms with Crippen molar-refractivity contribution in [1.82, 2.24) is 20.3 Å². The first-order chi connectivity index (χ1) is 15.0. The van der Waals surface area contributed by atoms with Gasteiger partial charge in [-0.15, -0.1) is 5.10 Å². The monoisotopic (exact) mass is 450 g/mol. The van der Waals surface area contributed by atoms with Gasteiger partial charge in [-0.05, 0) is 47.4 Å². The zero-order valence-corrected chi connectivity index (χ0v) is 17.7. The predicted molar refractivity (Wildman–Crippen MR) is 109 cm³/mol. The molecule has 0 atom stereocenters. The highest BCUT2D eigenvalue weighted by atomic mass is 19.4. The summed E-state index contributed by atoms with van der Waals surface area (Å²) in [5.41, 5.74) is -1.18. The third-order valence-corrected chi connectivity index (χ3v) is 4.60. The molecule has 1 amide bonds. The van der Waals surface area contributed by atoms with Crippen LogP contribution in [0.15, 0.2) is 48.5 Å². The number of aromatic nitrogens is 3. The van der Waals surface area contributed by atoms with Crippen LogP contribution in [0.5, 0.6) is 5.75 Å². The molecule has 2 aromatic carbocycles. The van der Waals surface area contributed by atoms with E-state index in [1.165, 1.54) is 0 Å². The number of amides is 1. The molecule has 0 saturated carbocycles. The molecule has 0 aliphatic carbocycles. The van der Waals surface area contributed by atoms with Gasteiger partial charge in [-0.3, -0.25) is 4.79 Å². The standard InChI is InChI=1S/C22H22F4N4O2/c1-21(2,3)14-4-10-17(11-5-14)32-13-12-27-20(31)18-19(22(24,25)26)30(29-28-18)16-8-6-15(23)7-9-16/h4-11H,12-13H2,1-3H3,(H,27,31). The molecule has 0 fully saturated rings. The van der Waals surface area contributed by atoms with Crippen molar-refractivity contribution in [1.29, 1.82) is 0 Å². The summed E-state index contributed by atoms with van der Waals surface area (Å²) in [5, 5.41) is 9.19. The van der Waals surface area contributed by atoms with E-state index in [1.807, 2.05) is 12.1 Å². The van der Waals surface area contributed by atoms with E-state index in [9.17, 15) is 22.4 Å². The Morgan fingerprint density at radius 2 is 1.66 bits per heavy atom. The Bertz CT molecular complexity index is 1070. The van der Waals surface area contributed by atoms with E-state index in [1.54, 1.807) is 12.1 Å². The Labute approximate surface area is 182 Å². The van der Waals surface area contributed by atoms with Crippen LogP contribution in [0.3, 0.4) is 0 Å². The van der Waals surface area contributed by atoms with Crippen molar-refractivity contribution < 1.29 is 27.1 Å². The highest BCUT2D eigenvalue weighted by Crippen LogP contribution is 2.32. The average molecular weight is 450 g/mol. The first-order valence-corrected chi connectivity index (χ1v) is 9.77. The zero-order valence-electron chi connectivity index (χ0n) is 17.7. The highest BCUT2D eigenvalue weighted by molar-refractivity contribution is 5.93. The fourth-order valence-electron chi connectivity index (χ4n) is 2.92. The molecule has 6 nitrogen and oxygen atoms in total. The molecular weight excluding hydrogens is 428 g/mol. The Morgan fingerprint density at radius 3 is 2.22 bits per heavy atom. The Kier molecular flexibility index (Phi) is 6.52. The van der Waals surface area contributed by atoms with Crippen LogP contribution in [0.4, 0.5) is 17.6 Å². The molecule has 10 heteroatoms. The van der Waals surface area contributed by atoms with E-state index in [4.69, 9.17) is 4.74 Å². The normalized spacial score (nSPS) is 12.0. The van der Waals surface area contributed by atoms with Gasteiger partial charge in [0.1, 0.15) is 18.2 Å². The minimum absolute atomic E-state index is 0.00590. The highest BCUT2D eigenvalue weighted by Gasteiger charge is 2.42. The van der Waals surface area contributed by atoms with Crippen molar-refractivity contribution in [2.45, 2.75) is 32.4 Å². The molecular formula is C22H22F4N4O2. The summed E-state index contributed by atoms with van der Waals surface area (Å²) in [4.78, 5) is 12.3. The van der Waals surface area contributed by atoms with Crippen molar-refractivity contribution in [3.8, 4) is 11.4 Å². The van der Waals surface area contributed by atoms with Gasteiger partial charge in [0.05, 0.1) is 12.2 Å². The van der Waals surface area contributed by atoms with Crippen LogP contribution in [0.2, 0.25) is 0 Å². The summed E-state index contributed by atoms with van der Waals surface area (Å²) in [6.45, 7) is 6.26. The Morgan fingerprint density at radius 1 is 1.03 bits per heavy atom. The van der Waals surface area contributed by atoms with Gasteiger partial charge in [-0.25, -0.2) is 9.07 Å². The molecule has 0 spiro atoms. The van der Waals surface area contributed by atoms with Crippen LogP contribution in [0.1, 0.15) is 42.5 Å². The molecule has 0 aliphatic rings. The number of benzene rings is 2. The minimum Gasteiger partial charge on any atom is -0.492 e. The first-order valence-electron chi connectivity index (χ1n) is 9.77. The number of carbonyl (C=O) groups is 1. The van der Waals surface area contributed by atoms with Crippen LogP contribution in [0.25, 0.3) is 5.69 Å². The summed E-state index contributed by atoms with van der Waals surface area (Å²) >= 11 is 0. The van der Waals surface area contributed by atoms with Crippen molar-refractivity contribution in [2.24, 2.45) is 0 Å². The number of ether oxygens (including phenoxy) is 1. The topological polar surface area (TPSA) is 69.0 Å². The Hall–Kier alpha value is -3.43. The van der Waals surface area contributed by atoms with Gasteiger partial charge in [0.25, 0.3) is 5.91 Å². The van der Waals surface area contributed by atoms with E-state index < -0.39 is 29.3 Å². The third kappa shape index (κ3) is 5.43. The van der Waals surface area contributed by atoms with Crippen LogP contribution in [-0.2, 0) is 11.6 Å². The van der Waals surface area contributed by atoms with Crippen LogP contribution in [-0.4, -0.2) is 34.1 Å². The second-order valence-electron chi connectivity index (χ2n) is 8.05. The molecule has 0 bridgehead atoms. The van der Waals surface area contributed by atoms with Crippen molar-refractivity contribution in [3.63, 3.8) is 0 Å². The maximum Gasteiger partial charge on any atom is 0.435 e. The lowest BCUT2D eigenvalue weighted by Gasteiger charge is -2.19. The third-order valence-electron chi connectivity index (χ3n) is 4.60. The van der Waals surface area contributed by atoms with Crippen molar-refractivity contribution in [3.05, 3.63) is 71.3 Å². The fourth-order valence-corrected chi connectivity index (χ4v) is 2.92. The molecule has 0 radical (unpaired) electrons. The summed E-state index contributed by atoms with van der Waals surface area (Å²) in [6, 6.07) is 11.6. The number of hydrogen-bond donors (Lipinski definition) is 1. The number of alkyl halides is 3. The molecule has 0 unspecified atom stereocenters. The Balaban J connectivity index is 1.66. The van der Waals surface area contributed by atoms with Crippen LogP contribution < -0.4 is 10.1 Å². The second-order valence-corrected chi connectivity index (χ2v) is 8.05. The largest absolute Gasteiger partial charge is 0.492 e. The molecule has 0 saturated heterocycles. The zero-order chi connectivity index (χ0) is 23.5. The van der Waals surface area contributed by atoms with Gasteiger partial charge in [0.2, 0.25) is 0 Å². The second kappa shape index (κ2) is 8.97. The van der Waals surface area contributed by atoms with Gasteiger partial charge in [-0.2, -0.15) is 13.2 Å². The number of nitrogens with one attached hydrogen (secondary N) is 1. The molecule has 0 aliphatic heterocycles. The fraction of sp³-hybridized carbons (Fsp3) is 0.318. The summed E-state index contributed by atoms with van der Waals surface area (Å²) in [7, 11) is 0. The summed E-state index contributed by atoms with van der Waals surface area (Å²) < 4.78 is 59.9. The average Bonchev–Trinajstić information content (AvgIpc) is 3.17. The summed E-state index contributed by atoms with van der Waals surface area (Å²) in [6.07, 6.45) is -4.91. The molecule has 32 heavy (non-hydrogen) atoms. The maximum absolute atomic E-state index is 13.6. The SMILES string of the molecule is CC(C)(C)c1ccc(OCCNC(=O)c2nnn(-c3ccc(F)cc3)c2C(F)(F)F)cc1. The van der Waals surface area contributed by atoms with Gasteiger partial charge >= 0.3 is 6.18 Å². The maximum atomic E-state index is 13.6. The van der Waals surface area contributed by atoms with E-state index in [0.717, 1.165) is 29.8 Å². The quantitative estimate of drug-likeness (QED) is 0.443. The van der Waals surface area contributed by atoms with E-state index in [2.05, 4.69) is 36.4 Å². The lowest BCUT2D eigenvalue weighted by molar-refractivity contribution is -0.143. The van der Waals surface area contributed by atoms with Crippen molar-refractivity contribution >= 4 is 5.91 Å². The lowest BCUT2D eigenvalue weighted by Crippen LogP contribution is -2.30.